The van der Waals surface area contributed by atoms with Crippen LogP contribution in [0.25, 0.3) is 0 Å². The van der Waals surface area contributed by atoms with Gasteiger partial charge in [-0.3, -0.25) is 9.59 Å². The molecule has 25 heavy (non-hydrogen) atoms. The normalized spacial score (nSPS) is 14.1. The molecule has 3 rings (SSSR count). The number of benzene rings is 2. The highest BCUT2D eigenvalue weighted by Crippen LogP contribution is 2.31. The molecule has 2 aromatic rings. The fourth-order valence-electron chi connectivity index (χ4n) is 3.33. The third kappa shape index (κ3) is 3.54. The Bertz CT molecular complexity index is 838. The molecule has 1 N–H and O–H groups in total. The van der Waals surface area contributed by atoms with Gasteiger partial charge in [0.25, 0.3) is 5.91 Å². The monoisotopic (exact) mass is 356 g/mol. The van der Waals surface area contributed by atoms with E-state index < -0.39 is 0 Å². The Morgan fingerprint density at radius 2 is 1.80 bits per heavy atom. The van der Waals surface area contributed by atoms with Gasteiger partial charge < -0.3 is 10.2 Å². The SMILES string of the molecule is Cc1cc(C)c(NC(=O)c2ccc(Cl)c(N3CCCC3=O)c2)c(C)c1. The standard InChI is InChI=1S/C20H21ClN2O2/c1-12-9-13(2)19(14(3)10-12)22-20(25)15-6-7-16(21)17(11-15)23-8-4-5-18(23)24/h6-7,9-11H,4-5,8H2,1-3H3,(H,22,25). The third-order valence-corrected chi connectivity index (χ3v) is 4.81. The molecule has 0 radical (unpaired) electrons. The zero-order valence-electron chi connectivity index (χ0n) is 14.6. The Kier molecular flexibility index (Phi) is 4.82. The minimum Gasteiger partial charge on any atom is -0.322 e. The molecule has 1 aliphatic rings. The van der Waals surface area contributed by atoms with E-state index in [0.29, 0.717) is 29.2 Å². The van der Waals surface area contributed by atoms with Crippen molar-refractivity contribution >= 4 is 34.8 Å². The summed E-state index contributed by atoms with van der Waals surface area (Å²) in [7, 11) is 0. The van der Waals surface area contributed by atoms with E-state index in [2.05, 4.69) is 5.32 Å². The molecule has 2 amide bonds. The van der Waals surface area contributed by atoms with Crippen molar-refractivity contribution in [1.29, 1.82) is 0 Å². The summed E-state index contributed by atoms with van der Waals surface area (Å²) in [6.45, 7) is 6.63. The molecule has 1 fully saturated rings. The van der Waals surface area contributed by atoms with Crippen molar-refractivity contribution in [1.82, 2.24) is 0 Å². The molecule has 0 aromatic heterocycles. The highest BCUT2D eigenvalue weighted by molar-refractivity contribution is 6.34. The lowest BCUT2D eigenvalue weighted by Crippen LogP contribution is -2.24. The average molecular weight is 357 g/mol. The van der Waals surface area contributed by atoms with Crippen molar-refractivity contribution in [2.45, 2.75) is 33.6 Å². The van der Waals surface area contributed by atoms with Crippen LogP contribution in [0.3, 0.4) is 0 Å². The Labute approximate surface area is 152 Å². The maximum atomic E-state index is 12.7. The molecule has 0 bridgehead atoms. The molecule has 1 aliphatic heterocycles. The van der Waals surface area contributed by atoms with E-state index in [-0.39, 0.29) is 11.8 Å². The minimum absolute atomic E-state index is 0.0460. The highest BCUT2D eigenvalue weighted by Gasteiger charge is 2.24. The van der Waals surface area contributed by atoms with Gasteiger partial charge in [0.2, 0.25) is 5.91 Å². The topological polar surface area (TPSA) is 49.4 Å². The molecule has 5 heteroatoms. The van der Waals surface area contributed by atoms with Crippen LogP contribution in [0.1, 0.15) is 39.9 Å². The molecule has 130 valence electrons. The van der Waals surface area contributed by atoms with Crippen LogP contribution in [-0.4, -0.2) is 18.4 Å². The van der Waals surface area contributed by atoms with Crippen molar-refractivity contribution in [3.8, 4) is 0 Å². The lowest BCUT2D eigenvalue weighted by Gasteiger charge is -2.18. The summed E-state index contributed by atoms with van der Waals surface area (Å²) in [6, 6.07) is 9.13. The molecule has 1 saturated heterocycles. The lowest BCUT2D eigenvalue weighted by molar-refractivity contribution is -0.117. The molecular formula is C20H21ClN2O2. The molecule has 0 spiro atoms. The molecule has 2 aromatic carbocycles. The van der Waals surface area contributed by atoms with E-state index in [9.17, 15) is 9.59 Å². The number of rotatable bonds is 3. The van der Waals surface area contributed by atoms with Crippen molar-refractivity contribution in [2.24, 2.45) is 0 Å². The number of carbonyl (C=O) groups is 2. The molecule has 0 saturated carbocycles. The molecule has 4 nitrogen and oxygen atoms in total. The van der Waals surface area contributed by atoms with Gasteiger partial charge in [-0.25, -0.2) is 0 Å². The third-order valence-electron chi connectivity index (χ3n) is 4.49. The van der Waals surface area contributed by atoms with Gasteiger partial charge in [0.05, 0.1) is 10.7 Å². The van der Waals surface area contributed by atoms with Gasteiger partial charge in [0, 0.05) is 24.2 Å². The number of amides is 2. The van der Waals surface area contributed by atoms with Crippen LogP contribution in [0.4, 0.5) is 11.4 Å². The van der Waals surface area contributed by atoms with E-state index in [1.54, 1.807) is 23.1 Å². The highest BCUT2D eigenvalue weighted by atomic mass is 35.5. The van der Waals surface area contributed by atoms with Crippen molar-refractivity contribution in [3.05, 3.63) is 57.6 Å². The van der Waals surface area contributed by atoms with Gasteiger partial charge in [0.15, 0.2) is 0 Å². The van der Waals surface area contributed by atoms with Crippen molar-refractivity contribution in [3.63, 3.8) is 0 Å². The van der Waals surface area contributed by atoms with Crippen LogP contribution in [0.15, 0.2) is 30.3 Å². The van der Waals surface area contributed by atoms with E-state index in [0.717, 1.165) is 28.8 Å². The summed E-state index contributed by atoms with van der Waals surface area (Å²) >= 11 is 6.25. The summed E-state index contributed by atoms with van der Waals surface area (Å²) in [5.41, 5.74) is 5.12. The van der Waals surface area contributed by atoms with Crippen molar-refractivity contribution in [2.75, 3.05) is 16.8 Å². The summed E-state index contributed by atoms with van der Waals surface area (Å²) in [6.07, 6.45) is 1.34. The van der Waals surface area contributed by atoms with E-state index in [4.69, 9.17) is 11.6 Å². The fraction of sp³-hybridized carbons (Fsp3) is 0.300. The molecule has 1 heterocycles. The second-order valence-corrected chi connectivity index (χ2v) is 6.95. The first-order chi connectivity index (χ1) is 11.9. The summed E-state index contributed by atoms with van der Waals surface area (Å²) in [5, 5.41) is 3.47. The van der Waals surface area contributed by atoms with Crippen molar-refractivity contribution < 1.29 is 9.59 Å². The first-order valence-electron chi connectivity index (χ1n) is 8.36. The first-order valence-corrected chi connectivity index (χ1v) is 8.73. The Hall–Kier alpha value is -2.33. The van der Waals surface area contributed by atoms with Gasteiger partial charge >= 0.3 is 0 Å². The maximum absolute atomic E-state index is 12.7. The second kappa shape index (κ2) is 6.89. The van der Waals surface area contributed by atoms with Gasteiger partial charge in [-0.2, -0.15) is 0 Å². The Balaban J connectivity index is 1.90. The number of halogens is 1. The quantitative estimate of drug-likeness (QED) is 0.870. The number of aryl methyl sites for hydroxylation is 3. The molecular weight excluding hydrogens is 336 g/mol. The van der Waals surface area contributed by atoms with Gasteiger partial charge in [-0.15, -0.1) is 0 Å². The van der Waals surface area contributed by atoms with Gasteiger partial charge in [-0.1, -0.05) is 29.3 Å². The van der Waals surface area contributed by atoms with Crippen LogP contribution >= 0.6 is 11.6 Å². The van der Waals surface area contributed by atoms with Crippen LogP contribution in [0.5, 0.6) is 0 Å². The minimum atomic E-state index is -0.209. The number of carbonyl (C=O) groups excluding carboxylic acids is 2. The Morgan fingerprint density at radius 1 is 1.12 bits per heavy atom. The van der Waals surface area contributed by atoms with E-state index in [1.165, 1.54) is 0 Å². The molecule has 0 aliphatic carbocycles. The average Bonchev–Trinajstić information content (AvgIpc) is 2.97. The van der Waals surface area contributed by atoms with E-state index in [1.807, 2.05) is 32.9 Å². The van der Waals surface area contributed by atoms with Crippen LogP contribution in [0, 0.1) is 20.8 Å². The summed E-state index contributed by atoms with van der Waals surface area (Å²) in [5.74, 6) is -0.163. The number of nitrogens with one attached hydrogen (secondary N) is 1. The largest absolute Gasteiger partial charge is 0.322 e. The smallest absolute Gasteiger partial charge is 0.255 e. The number of hydrogen-bond acceptors (Lipinski definition) is 2. The lowest BCUT2D eigenvalue weighted by atomic mass is 10.0. The van der Waals surface area contributed by atoms with Gasteiger partial charge in [-0.05, 0) is 56.5 Å². The fourth-order valence-corrected chi connectivity index (χ4v) is 3.55. The van der Waals surface area contributed by atoms with Crippen LogP contribution in [-0.2, 0) is 4.79 Å². The zero-order chi connectivity index (χ0) is 18.1. The molecule has 0 atom stereocenters. The number of anilines is 2. The maximum Gasteiger partial charge on any atom is 0.255 e. The van der Waals surface area contributed by atoms with Crippen LogP contribution < -0.4 is 10.2 Å². The van der Waals surface area contributed by atoms with Gasteiger partial charge in [0.1, 0.15) is 0 Å². The molecule has 0 unspecified atom stereocenters. The number of nitrogens with zero attached hydrogens (tertiary/aromatic N) is 1. The second-order valence-electron chi connectivity index (χ2n) is 6.54. The zero-order valence-corrected chi connectivity index (χ0v) is 15.4. The number of hydrogen-bond donors (Lipinski definition) is 1. The Morgan fingerprint density at radius 3 is 2.40 bits per heavy atom. The van der Waals surface area contributed by atoms with E-state index >= 15 is 0 Å². The predicted molar refractivity (Wildman–Crippen MR) is 102 cm³/mol. The summed E-state index contributed by atoms with van der Waals surface area (Å²) in [4.78, 5) is 26.3. The first kappa shape index (κ1) is 17.5. The summed E-state index contributed by atoms with van der Waals surface area (Å²) < 4.78 is 0. The van der Waals surface area contributed by atoms with Crippen LogP contribution in [0.2, 0.25) is 5.02 Å². The predicted octanol–water partition coefficient (Wildman–Crippen LogP) is 4.64.